The molecule has 0 spiro atoms. The van der Waals surface area contributed by atoms with Crippen LogP contribution in [0.3, 0.4) is 0 Å². The molecule has 0 fully saturated rings. The van der Waals surface area contributed by atoms with Gasteiger partial charge in [0.2, 0.25) is 0 Å². The zero-order valence-electron chi connectivity index (χ0n) is 9.12. The Bertz CT molecular complexity index is 82.7. The Kier molecular flexibility index (Phi) is 16.1. The second-order valence-corrected chi connectivity index (χ2v) is 2.95. The molecule has 1 N–H and O–H groups in total. The van der Waals surface area contributed by atoms with Crippen molar-refractivity contribution in [2.75, 3.05) is 19.6 Å². The first-order valence-electron chi connectivity index (χ1n) is 5.06. The van der Waals surface area contributed by atoms with Gasteiger partial charge in [0.25, 0.3) is 6.47 Å². The van der Waals surface area contributed by atoms with Gasteiger partial charge in [-0.1, -0.05) is 20.8 Å². The highest BCUT2D eigenvalue weighted by molar-refractivity contribution is 5.32. The first-order valence-corrected chi connectivity index (χ1v) is 5.06. The van der Waals surface area contributed by atoms with Crippen molar-refractivity contribution in [2.24, 2.45) is 0 Å². The second-order valence-electron chi connectivity index (χ2n) is 2.95. The minimum Gasteiger partial charge on any atom is -0.483 e. The van der Waals surface area contributed by atoms with Gasteiger partial charge in [0, 0.05) is 0 Å². The molecule has 0 amide bonds. The fraction of sp³-hybridized carbons (Fsp3) is 0.900. The van der Waals surface area contributed by atoms with Gasteiger partial charge in [-0.05, 0) is 38.9 Å². The van der Waals surface area contributed by atoms with Gasteiger partial charge in [0.05, 0.1) is 0 Å². The molecule has 0 bridgehead atoms. The zero-order valence-corrected chi connectivity index (χ0v) is 9.12. The number of rotatable bonds is 6. The monoisotopic (exact) mass is 189 g/mol. The van der Waals surface area contributed by atoms with Crippen molar-refractivity contribution in [2.45, 2.75) is 40.0 Å². The van der Waals surface area contributed by atoms with Crippen molar-refractivity contribution in [3.8, 4) is 0 Å². The maximum atomic E-state index is 8.36. The summed E-state index contributed by atoms with van der Waals surface area (Å²) >= 11 is 0. The lowest BCUT2D eigenvalue weighted by Gasteiger charge is -2.19. The van der Waals surface area contributed by atoms with Crippen LogP contribution in [0.15, 0.2) is 0 Å². The fourth-order valence-electron chi connectivity index (χ4n) is 1.28. The molecular weight excluding hydrogens is 166 g/mol. The summed E-state index contributed by atoms with van der Waals surface area (Å²) in [6, 6.07) is 0. The van der Waals surface area contributed by atoms with Crippen molar-refractivity contribution in [3.05, 3.63) is 0 Å². The van der Waals surface area contributed by atoms with Gasteiger partial charge in [-0.2, -0.15) is 0 Å². The summed E-state index contributed by atoms with van der Waals surface area (Å²) in [6.45, 7) is 10.3. The van der Waals surface area contributed by atoms with Crippen LogP contribution in [0.2, 0.25) is 0 Å². The van der Waals surface area contributed by atoms with E-state index in [0.29, 0.717) is 0 Å². The van der Waals surface area contributed by atoms with Gasteiger partial charge in [-0.15, -0.1) is 0 Å². The van der Waals surface area contributed by atoms with Crippen LogP contribution in [0.4, 0.5) is 0 Å². The Balaban J connectivity index is 0. The van der Waals surface area contributed by atoms with Gasteiger partial charge >= 0.3 is 0 Å². The van der Waals surface area contributed by atoms with Crippen LogP contribution >= 0.6 is 0 Å². The Morgan fingerprint density at radius 1 is 1.00 bits per heavy atom. The largest absolute Gasteiger partial charge is 0.483 e. The van der Waals surface area contributed by atoms with E-state index in [4.69, 9.17) is 9.90 Å². The predicted octanol–water partition coefficient (Wildman–Crippen LogP) is 2.22. The van der Waals surface area contributed by atoms with E-state index < -0.39 is 0 Å². The summed E-state index contributed by atoms with van der Waals surface area (Å²) < 4.78 is 0. The summed E-state index contributed by atoms with van der Waals surface area (Å²) in [5.41, 5.74) is 0. The average molecular weight is 189 g/mol. The Hall–Kier alpha value is -0.570. The third-order valence-electron chi connectivity index (χ3n) is 1.62. The molecule has 0 aliphatic heterocycles. The molecule has 0 aliphatic rings. The highest BCUT2D eigenvalue weighted by atomic mass is 16.3. The third kappa shape index (κ3) is 14.3. The summed E-state index contributed by atoms with van der Waals surface area (Å²) in [4.78, 5) is 10.9. The first-order chi connectivity index (χ1) is 6.26. The van der Waals surface area contributed by atoms with Crippen LogP contribution in [-0.2, 0) is 4.79 Å². The molecule has 0 saturated heterocycles. The van der Waals surface area contributed by atoms with Gasteiger partial charge in [0.15, 0.2) is 0 Å². The number of carboxylic acid groups (broad SMARTS) is 1. The summed E-state index contributed by atoms with van der Waals surface area (Å²) in [5.74, 6) is 0. The third-order valence-corrected chi connectivity index (χ3v) is 1.62. The van der Waals surface area contributed by atoms with Gasteiger partial charge in [0.1, 0.15) is 0 Å². The molecule has 0 saturated carbocycles. The number of hydrogen-bond acceptors (Lipinski definition) is 2. The number of hydrogen-bond donors (Lipinski definition) is 1. The highest BCUT2D eigenvalue weighted by Crippen LogP contribution is 1.94. The molecule has 0 radical (unpaired) electrons. The lowest BCUT2D eigenvalue weighted by molar-refractivity contribution is -0.122. The average Bonchev–Trinajstić information content (AvgIpc) is 2.07. The van der Waals surface area contributed by atoms with E-state index in [0.717, 1.165) is 0 Å². The quantitative estimate of drug-likeness (QED) is 0.651. The lowest BCUT2D eigenvalue weighted by atomic mass is 10.3. The molecule has 0 aliphatic carbocycles. The summed E-state index contributed by atoms with van der Waals surface area (Å²) in [5, 5.41) is 6.89. The van der Waals surface area contributed by atoms with Gasteiger partial charge < -0.3 is 10.0 Å². The van der Waals surface area contributed by atoms with E-state index in [1.807, 2.05) is 0 Å². The van der Waals surface area contributed by atoms with E-state index in [9.17, 15) is 0 Å². The van der Waals surface area contributed by atoms with Crippen molar-refractivity contribution < 1.29 is 9.90 Å². The van der Waals surface area contributed by atoms with Crippen molar-refractivity contribution in [1.82, 2.24) is 4.90 Å². The van der Waals surface area contributed by atoms with E-state index in [1.54, 1.807) is 0 Å². The standard InChI is InChI=1S/C9H21N.CH2O2/c1-4-7-10(8-5-2)9-6-3;2-1-3/h4-9H2,1-3H3;1H,(H,2,3). The maximum Gasteiger partial charge on any atom is 0.290 e. The molecule has 0 heterocycles. The van der Waals surface area contributed by atoms with Crippen LogP contribution in [0.25, 0.3) is 0 Å². The minimum absolute atomic E-state index is 0.250. The van der Waals surface area contributed by atoms with E-state index in [-0.39, 0.29) is 6.47 Å². The first kappa shape index (κ1) is 14.9. The number of carbonyl (C=O) groups is 1. The SMILES string of the molecule is CCCN(CCC)CCC.O=CO. The zero-order chi connectivity index (χ0) is 10.5. The predicted molar refractivity (Wildman–Crippen MR) is 56.0 cm³/mol. The molecule has 0 atom stereocenters. The fourth-order valence-corrected chi connectivity index (χ4v) is 1.28. The minimum atomic E-state index is -0.250. The van der Waals surface area contributed by atoms with Crippen molar-refractivity contribution in [3.63, 3.8) is 0 Å². The molecule has 0 aromatic carbocycles. The molecule has 3 heteroatoms. The number of nitrogens with zero attached hydrogens (tertiary/aromatic N) is 1. The van der Waals surface area contributed by atoms with Crippen LogP contribution in [0, 0.1) is 0 Å². The Morgan fingerprint density at radius 3 is 1.38 bits per heavy atom. The molecule has 0 aromatic heterocycles. The lowest BCUT2D eigenvalue weighted by Crippen LogP contribution is -2.25. The molecule has 13 heavy (non-hydrogen) atoms. The van der Waals surface area contributed by atoms with Gasteiger partial charge in [-0.3, -0.25) is 4.79 Å². The van der Waals surface area contributed by atoms with Crippen molar-refractivity contribution in [1.29, 1.82) is 0 Å². The van der Waals surface area contributed by atoms with Crippen molar-refractivity contribution >= 4 is 6.47 Å². The topological polar surface area (TPSA) is 40.5 Å². The van der Waals surface area contributed by atoms with E-state index >= 15 is 0 Å². The molecular formula is C10H23NO2. The summed E-state index contributed by atoms with van der Waals surface area (Å²) in [6.07, 6.45) is 3.88. The maximum absolute atomic E-state index is 8.36. The Morgan fingerprint density at radius 2 is 1.23 bits per heavy atom. The molecule has 0 rings (SSSR count). The molecule has 3 nitrogen and oxygen atoms in total. The van der Waals surface area contributed by atoms with Gasteiger partial charge in [-0.25, -0.2) is 0 Å². The molecule has 0 unspecified atom stereocenters. The highest BCUT2D eigenvalue weighted by Gasteiger charge is 1.98. The summed E-state index contributed by atoms with van der Waals surface area (Å²) in [7, 11) is 0. The smallest absolute Gasteiger partial charge is 0.290 e. The second kappa shape index (κ2) is 14.0. The van der Waals surface area contributed by atoms with Crippen LogP contribution < -0.4 is 0 Å². The molecule has 0 aromatic rings. The van der Waals surface area contributed by atoms with Crippen LogP contribution in [0.1, 0.15) is 40.0 Å². The normalized spacial score (nSPS) is 9.23. The van der Waals surface area contributed by atoms with Crippen LogP contribution in [0.5, 0.6) is 0 Å². The van der Waals surface area contributed by atoms with Crippen LogP contribution in [-0.4, -0.2) is 36.1 Å². The molecule has 80 valence electrons. The van der Waals surface area contributed by atoms with E-state index in [2.05, 4.69) is 25.7 Å². The Labute approximate surface area is 81.7 Å². The van der Waals surface area contributed by atoms with E-state index in [1.165, 1.54) is 38.9 Å².